The molecule has 1 N–H and O–H groups in total. The van der Waals surface area contributed by atoms with Crippen LogP contribution in [-0.4, -0.2) is 36.5 Å². The van der Waals surface area contributed by atoms with Gasteiger partial charge in [0.15, 0.2) is 0 Å². The number of hydrogen-bond donors (Lipinski definition) is 1. The van der Waals surface area contributed by atoms with E-state index in [2.05, 4.69) is 17.1 Å². The van der Waals surface area contributed by atoms with Crippen molar-refractivity contribution in [2.75, 3.05) is 19.6 Å². The second-order valence-electron chi connectivity index (χ2n) is 6.90. The van der Waals surface area contributed by atoms with Crippen molar-refractivity contribution >= 4 is 18.3 Å². The highest BCUT2D eigenvalue weighted by Crippen LogP contribution is 2.43. The van der Waals surface area contributed by atoms with Crippen molar-refractivity contribution in [3.05, 3.63) is 0 Å². The predicted octanol–water partition coefficient (Wildman–Crippen LogP) is 2.84. The van der Waals surface area contributed by atoms with E-state index in [4.69, 9.17) is 0 Å². The summed E-state index contributed by atoms with van der Waals surface area (Å²) in [6.07, 6.45) is 9.26. The molecule has 3 aliphatic rings. The van der Waals surface area contributed by atoms with Gasteiger partial charge in [0.1, 0.15) is 0 Å². The molecule has 3 nitrogen and oxygen atoms in total. The molecule has 0 aromatic heterocycles. The van der Waals surface area contributed by atoms with Gasteiger partial charge in [-0.2, -0.15) is 0 Å². The van der Waals surface area contributed by atoms with Gasteiger partial charge in [-0.1, -0.05) is 25.7 Å². The largest absolute Gasteiger partial charge is 0.337 e. The molecule has 4 unspecified atom stereocenters. The number of piperazine rings is 1. The zero-order chi connectivity index (χ0) is 13.2. The number of fused-ring (bicyclic) bond motifs is 1. The Morgan fingerprint density at radius 2 is 1.85 bits per heavy atom. The van der Waals surface area contributed by atoms with Crippen LogP contribution in [0.15, 0.2) is 0 Å². The fourth-order valence-corrected chi connectivity index (χ4v) is 4.50. The summed E-state index contributed by atoms with van der Waals surface area (Å²) in [5.41, 5.74) is 0. The molecule has 116 valence electrons. The Morgan fingerprint density at radius 3 is 2.60 bits per heavy atom. The van der Waals surface area contributed by atoms with Gasteiger partial charge in [0.2, 0.25) is 5.91 Å². The number of amides is 1. The Morgan fingerprint density at radius 1 is 1.10 bits per heavy atom. The third-order valence-electron chi connectivity index (χ3n) is 5.67. The molecule has 4 heteroatoms. The Bertz CT molecular complexity index is 336. The lowest BCUT2D eigenvalue weighted by Gasteiger charge is -2.42. The molecular formula is C16H29ClN2O. The first-order chi connectivity index (χ1) is 9.25. The number of halogens is 1. The van der Waals surface area contributed by atoms with Crippen molar-refractivity contribution in [1.29, 1.82) is 0 Å². The smallest absolute Gasteiger partial charge is 0.226 e. The fourth-order valence-electron chi connectivity index (χ4n) is 4.50. The van der Waals surface area contributed by atoms with Gasteiger partial charge in [0, 0.05) is 31.6 Å². The summed E-state index contributed by atoms with van der Waals surface area (Å²) in [6.45, 7) is 5.01. The Kier molecular flexibility index (Phi) is 5.74. The van der Waals surface area contributed by atoms with Crippen LogP contribution in [0.5, 0.6) is 0 Å². The zero-order valence-corrected chi connectivity index (χ0v) is 13.5. The first-order valence-corrected chi connectivity index (χ1v) is 8.27. The van der Waals surface area contributed by atoms with Crippen LogP contribution in [0, 0.1) is 17.8 Å². The number of nitrogens with zero attached hydrogens (tertiary/aromatic N) is 1. The van der Waals surface area contributed by atoms with Gasteiger partial charge in [-0.05, 0) is 38.0 Å². The maximum Gasteiger partial charge on any atom is 0.226 e. The standard InChI is InChI=1S/C16H28N2O.ClH/c1-12-11-17-8-9-18(12)16(19)15-7-6-13-4-2-3-5-14(13)10-15;/h12-15,17H,2-11H2,1H3;1H. The average Bonchev–Trinajstić information content (AvgIpc) is 2.46. The molecule has 0 aromatic carbocycles. The molecule has 2 aliphatic carbocycles. The van der Waals surface area contributed by atoms with Crippen LogP contribution in [0.25, 0.3) is 0 Å². The summed E-state index contributed by atoms with van der Waals surface area (Å²) < 4.78 is 0. The lowest BCUT2D eigenvalue weighted by Crippen LogP contribution is -2.54. The van der Waals surface area contributed by atoms with E-state index in [9.17, 15) is 4.79 Å². The van der Waals surface area contributed by atoms with E-state index in [1.54, 1.807) is 0 Å². The second kappa shape index (κ2) is 7.13. The third-order valence-corrected chi connectivity index (χ3v) is 5.67. The molecule has 20 heavy (non-hydrogen) atoms. The predicted molar refractivity (Wildman–Crippen MR) is 84.1 cm³/mol. The molecular weight excluding hydrogens is 272 g/mol. The average molecular weight is 301 g/mol. The minimum atomic E-state index is 0. The van der Waals surface area contributed by atoms with E-state index in [-0.39, 0.29) is 12.4 Å². The van der Waals surface area contributed by atoms with Crippen molar-refractivity contribution in [2.45, 2.75) is 57.9 Å². The number of rotatable bonds is 1. The first-order valence-electron chi connectivity index (χ1n) is 8.27. The summed E-state index contributed by atoms with van der Waals surface area (Å²) in [6, 6.07) is 0.380. The van der Waals surface area contributed by atoms with Gasteiger partial charge in [-0.3, -0.25) is 4.79 Å². The summed E-state index contributed by atoms with van der Waals surface area (Å²) in [5.74, 6) is 2.59. The van der Waals surface area contributed by atoms with Crippen LogP contribution in [0.1, 0.15) is 51.9 Å². The van der Waals surface area contributed by atoms with Gasteiger partial charge in [0.05, 0.1) is 0 Å². The van der Waals surface area contributed by atoms with Gasteiger partial charge < -0.3 is 10.2 Å². The maximum absolute atomic E-state index is 12.7. The normalized spacial score (nSPS) is 37.8. The van der Waals surface area contributed by atoms with E-state index < -0.39 is 0 Å². The molecule has 1 amide bonds. The minimum Gasteiger partial charge on any atom is -0.337 e. The minimum absolute atomic E-state index is 0. The number of nitrogens with one attached hydrogen (secondary N) is 1. The monoisotopic (exact) mass is 300 g/mol. The van der Waals surface area contributed by atoms with Gasteiger partial charge in [-0.25, -0.2) is 0 Å². The Balaban J connectivity index is 0.00000147. The second-order valence-corrected chi connectivity index (χ2v) is 6.90. The summed E-state index contributed by atoms with van der Waals surface area (Å²) in [7, 11) is 0. The third kappa shape index (κ3) is 3.30. The molecule has 3 rings (SSSR count). The van der Waals surface area contributed by atoms with Crippen LogP contribution in [0.3, 0.4) is 0 Å². The van der Waals surface area contributed by atoms with Crippen LogP contribution in [-0.2, 0) is 4.79 Å². The highest BCUT2D eigenvalue weighted by Gasteiger charge is 2.37. The van der Waals surface area contributed by atoms with Gasteiger partial charge >= 0.3 is 0 Å². The SMILES string of the molecule is CC1CNCCN1C(=O)C1CCC2CCCCC2C1.Cl. The van der Waals surface area contributed by atoms with Crippen molar-refractivity contribution in [1.82, 2.24) is 10.2 Å². The zero-order valence-electron chi connectivity index (χ0n) is 12.6. The van der Waals surface area contributed by atoms with Crippen LogP contribution >= 0.6 is 12.4 Å². The molecule has 1 aliphatic heterocycles. The quantitative estimate of drug-likeness (QED) is 0.807. The van der Waals surface area contributed by atoms with E-state index in [0.717, 1.165) is 37.9 Å². The molecule has 2 saturated carbocycles. The molecule has 0 bridgehead atoms. The first kappa shape index (κ1) is 16.1. The highest BCUT2D eigenvalue weighted by atomic mass is 35.5. The van der Waals surface area contributed by atoms with Crippen LogP contribution < -0.4 is 5.32 Å². The number of carbonyl (C=O) groups is 1. The number of hydrogen-bond acceptors (Lipinski definition) is 2. The molecule has 0 aromatic rings. The van der Waals surface area contributed by atoms with Crippen molar-refractivity contribution < 1.29 is 4.79 Å². The Hall–Kier alpha value is -0.280. The number of carbonyl (C=O) groups excluding carboxylic acids is 1. The van der Waals surface area contributed by atoms with Crippen molar-refractivity contribution in [2.24, 2.45) is 17.8 Å². The summed E-state index contributed by atoms with van der Waals surface area (Å²) in [4.78, 5) is 14.9. The fraction of sp³-hybridized carbons (Fsp3) is 0.938. The van der Waals surface area contributed by atoms with E-state index in [0.29, 0.717) is 17.9 Å². The highest BCUT2D eigenvalue weighted by molar-refractivity contribution is 5.85. The molecule has 0 radical (unpaired) electrons. The van der Waals surface area contributed by atoms with Gasteiger partial charge in [-0.15, -0.1) is 12.4 Å². The van der Waals surface area contributed by atoms with E-state index in [1.165, 1.54) is 38.5 Å². The lowest BCUT2D eigenvalue weighted by atomic mass is 9.67. The van der Waals surface area contributed by atoms with E-state index in [1.807, 2.05) is 0 Å². The van der Waals surface area contributed by atoms with Gasteiger partial charge in [0.25, 0.3) is 0 Å². The molecule has 4 atom stereocenters. The Labute approximate surface area is 129 Å². The lowest BCUT2D eigenvalue weighted by molar-refractivity contribution is -0.140. The summed E-state index contributed by atoms with van der Waals surface area (Å²) >= 11 is 0. The van der Waals surface area contributed by atoms with Crippen molar-refractivity contribution in [3.8, 4) is 0 Å². The molecule has 0 spiro atoms. The van der Waals surface area contributed by atoms with Crippen molar-refractivity contribution in [3.63, 3.8) is 0 Å². The molecule has 1 saturated heterocycles. The maximum atomic E-state index is 12.7. The van der Waals surface area contributed by atoms with Crippen LogP contribution in [0.4, 0.5) is 0 Å². The van der Waals surface area contributed by atoms with Crippen LogP contribution in [0.2, 0.25) is 0 Å². The molecule has 1 heterocycles. The molecule has 3 fully saturated rings. The topological polar surface area (TPSA) is 32.3 Å². The summed E-state index contributed by atoms with van der Waals surface area (Å²) in [5, 5.41) is 3.37. The van der Waals surface area contributed by atoms with E-state index >= 15 is 0 Å².